The normalized spacial score (nSPS) is 25.3. The van der Waals surface area contributed by atoms with E-state index in [0.29, 0.717) is 0 Å². The SMILES string of the molecule is COC1CCCC1NC(=O)NC(CO)C(=O)O. The van der Waals surface area contributed by atoms with Crippen LogP contribution in [0.2, 0.25) is 0 Å². The number of amides is 2. The van der Waals surface area contributed by atoms with Crippen LogP contribution in [0.3, 0.4) is 0 Å². The van der Waals surface area contributed by atoms with Gasteiger partial charge in [0.05, 0.1) is 18.8 Å². The number of nitrogens with one attached hydrogen (secondary N) is 2. The molecule has 3 unspecified atom stereocenters. The molecule has 0 aromatic rings. The van der Waals surface area contributed by atoms with Crippen molar-refractivity contribution in [2.45, 2.75) is 37.5 Å². The molecule has 0 aliphatic heterocycles. The van der Waals surface area contributed by atoms with Crippen LogP contribution >= 0.6 is 0 Å². The van der Waals surface area contributed by atoms with Gasteiger partial charge in [-0.25, -0.2) is 9.59 Å². The molecular formula is C10H18N2O5. The Balaban J connectivity index is 2.41. The van der Waals surface area contributed by atoms with Gasteiger partial charge < -0.3 is 25.6 Å². The number of carbonyl (C=O) groups is 2. The lowest BCUT2D eigenvalue weighted by Crippen LogP contribution is -2.52. The van der Waals surface area contributed by atoms with Crippen molar-refractivity contribution in [1.82, 2.24) is 10.6 Å². The van der Waals surface area contributed by atoms with E-state index >= 15 is 0 Å². The highest BCUT2D eigenvalue weighted by Crippen LogP contribution is 2.21. The van der Waals surface area contributed by atoms with Gasteiger partial charge in [-0.2, -0.15) is 0 Å². The van der Waals surface area contributed by atoms with Crippen molar-refractivity contribution >= 4 is 12.0 Å². The van der Waals surface area contributed by atoms with Crippen LogP contribution < -0.4 is 10.6 Å². The van der Waals surface area contributed by atoms with Crippen molar-refractivity contribution < 1.29 is 24.5 Å². The molecule has 0 heterocycles. The zero-order valence-electron chi connectivity index (χ0n) is 9.68. The molecule has 1 aliphatic carbocycles. The molecule has 0 aromatic heterocycles. The van der Waals surface area contributed by atoms with Crippen LogP contribution in [0.25, 0.3) is 0 Å². The molecule has 98 valence electrons. The van der Waals surface area contributed by atoms with Crippen LogP contribution in [0.15, 0.2) is 0 Å². The number of carbonyl (C=O) groups excluding carboxylic acids is 1. The van der Waals surface area contributed by atoms with Crippen molar-refractivity contribution in [3.63, 3.8) is 0 Å². The molecule has 0 aromatic carbocycles. The highest BCUT2D eigenvalue weighted by molar-refractivity contribution is 5.82. The highest BCUT2D eigenvalue weighted by atomic mass is 16.5. The second kappa shape index (κ2) is 6.41. The first-order valence-corrected chi connectivity index (χ1v) is 5.52. The van der Waals surface area contributed by atoms with Crippen molar-refractivity contribution in [2.75, 3.05) is 13.7 Å². The standard InChI is InChI=1S/C10H18N2O5/c1-17-8-4-2-3-6(8)11-10(16)12-7(5-13)9(14)15/h6-8,13H,2-5H2,1H3,(H,14,15)(H2,11,12,16). The molecule has 0 saturated heterocycles. The summed E-state index contributed by atoms with van der Waals surface area (Å²) >= 11 is 0. The average molecular weight is 246 g/mol. The van der Waals surface area contributed by atoms with Crippen molar-refractivity contribution in [1.29, 1.82) is 0 Å². The molecule has 0 bridgehead atoms. The van der Waals surface area contributed by atoms with Gasteiger partial charge in [0.25, 0.3) is 0 Å². The Bertz CT molecular complexity index is 284. The van der Waals surface area contributed by atoms with Crippen molar-refractivity contribution in [3.05, 3.63) is 0 Å². The Kier molecular flexibility index (Phi) is 5.17. The van der Waals surface area contributed by atoms with Gasteiger partial charge in [0.15, 0.2) is 6.04 Å². The summed E-state index contributed by atoms with van der Waals surface area (Å²) in [5.74, 6) is -1.27. The molecule has 4 N–H and O–H groups in total. The summed E-state index contributed by atoms with van der Waals surface area (Å²) in [5, 5.41) is 22.2. The molecule has 0 radical (unpaired) electrons. The van der Waals surface area contributed by atoms with E-state index in [0.717, 1.165) is 19.3 Å². The summed E-state index contributed by atoms with van der Waals surface area (Å²) in [5.41, 5.74) is 0. The summed E-state index contributed by atoms with van der Waals surface area (Å²) in [7, 11) is 1.58. The summed E-state index contributed by atoms with van der Waals surface area (Å²) in [6.45, 7) is -0.638. The Labute approximate surface area is 99.1 Å². The van der Waals surface area contributed by atoms with E-state index in [1.165, 1.54) is 0 Å². The minimum Gasteiger partial charge on any atom is -0.480 e. The Morgan fingerprint density at radius 2 is 2.18 bits per heavy atom. The molecule has 1 fully saturated rings. The number of hydrogen-bond acceptors (Lipinski definition) is 4. The fourth-order valence-electron chi connectivity index (χ4n) is 1.93. The Morgan fingerprint density at radius 1 is 1.47 bits per heavy atom. The Hall–Kier alpha value is -1.34. The van der Waals surface area contributed by atoms with Crippen LogP contribution in [0.4, 0.5) is 4.79 Å². The number of methoxy groups -OCH3 is 1. The van der Waals surface area contributed by atoms with Gasteiger partial charge in [-0.3, -0.25) is 0 Å². The summed E-state index contributed by atoms with van der Waals surface area (Å²) in [6, 6.07) is -1.98. The van der Waals surface area contributed by atoms with E-state index in [1.54, 1.807) is 7.11 Å². The third-order valence-electron chi connectivity index (χ3n) is 2.86. The third-order valence-corrected chi connectivity index (χ3v) is 2.86. The van der Waals surface area contributed by atoms with Gasteiger partial charge in [-0.15, -0.1) is 0 Å². The second-order valence-electron chi connectivity index (χ2n) is 4.00. The van der Waals surface area contributed by atoms with Crippen molar-refractivity contribution in [3.8, 4) is 0 Å². The van der Waals surface area contributed by atoms with Gasteiger partial charge in [0.1, 0.15) is 0 Å². The molecule has 7 heteroatoms. The summed E-state index contributed by atoms with van der Waals surface area (Å²) in [6.07, 6.45) is 2.62. The van der Waals surface area contributed by atoms with Crippen LogP contribution in [0.1, 0.15) is 19.3 Å². The van der Waals surface area contributed by atoms with Gasteiger partial charge >= 0.3 is 12.0 Å². The van der Waals surface area contributed by atoms with Crippen molar-refractivity contribution in [2.24, 2.45) is 0 Å². The Morgan fingerprint density at radius 3 is 2.71 bits per heavy atom. The van der Waals surface area contributed by atoms with E-state index in [1.807, 2.05) is 0 Å². The number of urea groups is 1. The zero-order valence-corrected chi connectivity index (χ0v) is 9.68. The summed E-state index contributed by atoms with van der Waals surface area (Å²) < 4.78 is 5.20. The number of carboxylic acids is 1. The maximum atomic E-state index is 11.5. The first-order chi connectivity index (χ1) is 8.08. The molecule has 1 rings (SSSR count). The van der Waals surface area contributed by atoms with Gasteiger partial charge in [0, 0.05) is 7.11 Å². The first kappa shape index (κ1) is 13.7. The quantitative estimate of drug-likeness (QED) is 0.513. The maximum Gasteiger partial charge on any atom is 0.328 e. The third kappa shape index (κ3) is 3.86. The number of aliphatic hydroxyl groups excluding tert-OH is 1. The van der Waals surface area contributed by atoms with E-state index in [2.05, 4.69) is 10.6 Å². The van der Waals surface area contributed by atoms with Crippen LogP contribution in [0.5, 0.6) is 0 Å². The monoisotopic (exact) mass is 246 g/mol. The predicted molar refractivity (Wildman–Crippen MR) is 58.6 cm³/mol. The molecule has 3 atom stereocenters. The topological polar surface area (TPSA) is 108 Å². The number of aliphatic carboxylic acids is 1. The fraction of sp³-hybridized carbons (Fsp3) is 0.800. The number of rotatable bonds is 5. The lowest BCUT2D eigenvalue weighted by atomic mass is 10.2. The van der Waals surface area contributed by atoms with E-state index in [9.17, 15) is 9.59 Å². The van der Waals surface area contributed by atoms with Gasteiger partial charge in [0.2, 0.25) is 0 Å². The maximum absolute atomic E-state index is 11.5. The number of ether oxygens (including phenoxy) is 1. The lowest BCUT2D eigenvalue weighted by Gasteiger charge is -2.21. The number of aliphatic hydroxyl groups is 1. The molecular weight excluding hydrogens is 228 g/mol. The lowest BCUT2D eigenvalue weighted by molar-refractivity contribution is -0.140. The second-order valence-corrected chi connectivity index (χ2v) is 4.00. The largest absolute Gasteiger partial charge is 0.480 e. The predicted octanol–water partition coefficient (Wildman–Crippen LogP) is -0.701. The van der Waals surface area contributed by atoms with E-state index in [4.69, 9.17) is 14.9 Å². The average Bonchev–Trinajstić information content (AvgIpc) is 2.72. The van der Waals surface area contributed by atoms with E-state index in [-0.39, 0.29) is 12.1 Å². The van der Waals surface area contributed by atoms with Gasteiger partial charge in [-0.05, 0) is 19.3 Å². The fourth-order valence-corrected chi connectivity index (χ4v) is 1.93. The van der Waals surface area contributed by atoms with E-state index < -0.39 is 24.6 Å². The molecule has 2 amide bonds. The van der Waals surface area contributed by atoms with Gasteiger partial charge in [-0.1, -0.05) is 0 Å². The molecule has 7 nitrogen and oxygen atoms in total. The minimum absolute atomic E-state index is 0.0295. The van der Waals surface area contributed by atoms with Crippen LogP contribution in [-0.2, 0) is 9.53 Å². The highest BCUT2D eigenvalue weighted by Gasteiger charge is 2.29. The molecule has 1 aliphatic rings. The number of hydrogen-bond donors (Lipinski definition) is 4. The number of carboxylic acid groups (broad SMARTS) is 1. The molecule has 17 heavy (non-hydrogen) atoms. The molecule has 0 spiro atoms. The molecule has 1 saturated carbocycles. The minimum atomic E-state index is -1.28. The summed E-state index contributed by atoms with van der Waals surface area (Å²) in [4.78, 5) is 22.1. The van der Waals surface area contributed by atoms with Crippen LogP contribution in [-0.4, -0.2) is 54.1 Å². The first-order valence-electron chi connectivity index (χ1n) is 5.52. The zero-order chi connectivity index (χ0) is 12.8. The smallest absolute Gasteiger partial charge is 0.328 e. The van der Waals surface area contributed by atoms with Crippen LogP contribution in [0, 0.1) is 0 Å².